The van der Waals surface area contributed by atoms with Crippen molar-refractivity contribution in [1.29, 1.82) is 0 Å². The van der Waals surface area contributed by atoms with E-state index in [1.807, 2.05) is 48.5 Å². The summed E-state index contributed by atoms with van der Waals surface area (Å²) in [5, 5.41) is 0. The zero-order valence-electron chi connectivity index (χ0n) is 15.9. The van der Waals surface area contributed by atoms with Crippen molar-refractivity contribution >= 4 is 21.9 Å². The topological polar surface area (TPSA) is 57.3 Å². The van der Waals surface area contributed by atoms with E-state index in [0.29, 0.717) is 12.0 Å². The quantitative estimate of drug-likeness (QED) is 0.342. The van der Waals surface area contributed by atoms with E-state index in [0.717, 1.165) is 16.6 Å². The summed E-state index contributed by atoms with van der Waals surface area (Å²) in [6.07, 6.45) is 1.72. The number of halogens is 1. The number of carbonyl (C=O) groups is 1. The van der Waals surface area contributed by atoms with Crippen LogP contribution in [-0.2, 0) is 18.9 Å². The molecule has 6 heteroatoms. The first kappa shape index (κ1) is 20.3. The average Bonchev–Trinajstić information content (AvgIpc) is 3.59. The van der Waals surface area contributed by atoms with Crippen molar-refractivity contribution in [3.63, 3.8) is 0 Å². The molecule has 0 aliphatic carbocycles. The van der Waals surface area contributed by atoms with Gasteiger partial charge in [0.1, 0.15) is 6.61 Å². The first-order valence-corrected chi connectivity index (χ1v) is 10.5. The van der Waals surface area contributed by atoms with Crippen LogP contribution in [0.15, 0.2) is 71.7 Å². The molecule has 4 rings (SSSR count). The van der Waals surface area contributed by atoms with Gasteiger partial charge in [-0.3, -0.25) is 0 Å². The lowest BCUT2D eigenvalue weighted by Crippen LogP contribution is -2.41. The summed E-state index contributed by atoms with van der Waals surface area (Å²) in [5.41, 5.74) is 1.44. The summed E-state index contributed by atoms with van der Waals surface area (Å²) in [6.45, 7) is 4.83. The predicted octanol–water partition coefficient (Wildman–Crippen LogP) is 4.68. The standard InChI is InChI=1S/C23H23BrO5/c1-2-19(21-14-26-21)20-12-18(28-23(29-20)16-6-4-3-5-7-16)13-27-22(25)15-8-10-17(24)11-9-15/h2-11,18-21,23H,1,12-14H2/t18-,19+,20+,21-,23+/m0/s1. The van der Waals surface area contributed by atoms with E-state index in [-0.39, 0.29) is 36.8 Å². The second-order valence-corrected chi connectivity index (χ2v) is 8.12. The van der Waals surface area contributed by atoms with E-state index in [2.05, 4.69) is 22.5 Å². The Morgan fingerprint density at radius 1 is 1.14 bits per heavy atom. The van der Waals surface area contributed by atoms with E-state index in [9.17, 15) is 4.79 Å². The largest absolute Gasteiger partial charge is 0.459 e. The molecule has 2 heterocycles. The molecule has 5 nitrogen and oxygen atoms in total. The van der Waals surface area contributed by atoms with Crippen LogP contribution in [0, 0.1) is 5.92 Å². The molecule has 152 valence electrons. The summed E-state index contributed by atoms with van der Waals surface area (Å²) in [6, 6.07) is 16.9. The Kier molecular flexibility index (Phi) is 6.45. The van der Waals surface area contributed by atoms with Crippen LogP contribution in [0.5, 0.6) is 0 Å². The van der Waals surface area contributed by atoms with Gasteiger partial charge < -0.3 is 18.9 Å². The van der Waals surface area contributed by atoms with Crippen LogP contribution in [0.2, 0.25) is 0 Å². The number of hydrogen-bond donors (Lipinski definition) is 0. The van der Waals surface area contributed by atoms with Gasteiger partial charge in [-0.25, -0.2) is 4.79 Å². The zero-order valence-corrected chi connectivity index (χ0v) is 17.5. The smallest absolute Gasteiger partial charge is 0.338 e. The van der Waals surface area contributed by atoms with Gasteiger partial charge in [0.15, 0.2) is 6.29 Å². The molecule has 2 aromatic carbocycles. The summed E-state index contributed by atoms with van der Waals surface area (Å²) < 4.78 is 24.3. The molecule has 0 unspecified atom stereocenters. The minimum Gasteiger partial charge on any atom is -0.459 e. The van der Waals surface area contributed by atoms with E-state index in [4.69, 9.17) is 18.9 Å². The number of carbonyl (C=O) groups excluding carboxylic acids is 1. The first-order chi connectivity index (χ1) is 14.1. The maximum Gasteiger partial charge on any atom is 0.338 e. The number of ether oxygens (including phenoxy) is 4. The Hall–Kier alpha value is -1.99. The zero-order chi connectivity index (χ0) is 20.2. The molecule has 2 aliphatic rings. The molecule has 0 aromatic heterocycles. The molecule has 2 aromatic rings. The van der Waals surface area contributed by atoms with Gasteiger partial charge in [-0.15, -0.1) is 6.58 Å². The normalized spacial score (nSPS) is 27.1. The fourth-order valence-corrected chi connectivity index (χ4v) is 3.78. The van der Waals surface area contributed by atoms with Crippen LogP contribution >= 0.6 is 15.9 Å². The summed E-state index contributed by atoms with van der Waals surface area (Å²) in [7, 11) is 0. The second kappa shape index (κ2) is 9.22. The Morgan fingerprint density at radius 3 is 2.52 bits per heavy atom. The third kappa shape index (κ3) is 5.14. The minimum absolute atomic E-state index is 0.0785. The third-order valence-electron chi connectivity index (χ3n) is 5.15. The molecule has 29 heavy (non-hydrogen) atoms. The Bertz CT molecular complexity index is 834. The molecular weight excluding hydrogens is 436 g/mol. The molecule has 0 amide bonds. The highest BCUT2D eigenvalue weighted by Gasteiger charge is 2.42. The Morgan fingerprint density at radius 2 is 1.86 bits per heavy atom. The van der Waals surface area contributed by atoms with Crippen molar-refractivity contribution in [3.05, 3.63) is 82.9 Å². The second-order valence-electron chi connectivity index (χ2n) is 7.20. The van der Waals surface area contributed by atoms with Crippen LogP contribution in [0.4, 0.5) is 0 Å². The number of esters is 1. The van der Waals surface area contributed by atoms with Crippen LogP contribution < -0.4 is 0 Å². The number of hydrogen-bond acceptors (Lipinski definition) is 5. The monoisotopic (exact) mass is 458 g/mol. The Labute approximate surface area is 178 Å². The molecule has 0 bridgehead atoms. The van der Waals surface area contributed by atoms with Crippen LogP contribution in [0.1, 0.15) is 28.6 Å². The predicted molar refractivity (Wildman–Crippen MR) is 111 cm³/mol. The molecule has 0 saturated carbocycles. The number of epoxide rings is 1. The maximum atomic E-state index is 12.4. The van der Waals surface area contributed by atoms with Crippen LogP contribution in [0.25, 0.3) is 0 Å². The molecule has 2 aliphatic heterocycles. The van der Waals surface area contributed by atoms with Crippen molar-refractivity contribution < 1.29 is 23.7 Å². The maximum absolute atomic E-state index is 12.4. The van der Waals surface area contributed by atoms with Gasteiger partial charge in [0.05, 0.1) is 30.5 Å². The lowest BCUT2D eigenvalue weighted by molar-refractivity contribution is -0.261. The molecule has 5 atom stereocenters. The van der Waals surface area contributed by atoms with Crippen molar-refractivity contribution in [2.24, 2.45) is 5.92 Å². The summed E-state index contributed by atoms with van der Waals surface area (Å²) in [4.78, 5) is 12.4. The van der Waals surface area contributed by atoms with Gasteiger partial charge in [0.25, 0.3) is 0 Å². The van der Waals surface area contributed by atoms with E-state index in [1.165, 1.54) is 0 Å². The molecule has 0 radical (unpaired) electrons. The average molecular weight is 459 g/mol. The highest BCUT2D eigenvalue weighted by molar-refractivity contribution is 9.10. The fourth-order valence-electron chi connectivity index (χ4n) is 3.52. The highest BCUT2D eigenvalue weighted by atomic mass is 79.9. The minimum atomic E-state index is -0.521. The third-order valence-corrected chi connectivity index (χ3v) is 5.68. The molecule has 2 saturated heterocycles. The molecule has 2 fully saturated rings. The molecule has 0 spiro atoms. The lowest BCUT2D eigenvalue weighted by atomic mass is 9.93. The summed E-state index contributed by atoms with van der Waals surface area (Å²) in [5.74, 6) is -0.291. The van der Waals surface area contributed by atoms with Gasteiger partial charge in [-0.05, 0) is 24.3 Å². The molecular formula is C23H23BrO5. The Balaban J connectivity index is 1.45. The molecule has 0 N–H and O–H groups in total. The fraction of sp³-hybridized carbons (Fsp3) is 0.348. The highest BCUT2D eigenvalue weighted by Crippen LogP contribution is 2.37. The van der Waals surface area contributed by atoms with Gasteiger partial charge >= 0.3 is 5.97 Å². The van der Waals surface area contributed by atoms with E-state index >= 15 is 0 Å². The first-order valence-electron chi connectivity index (χ1n) is 9.67. The van der Waals surface area contributed by atoms with Crippen LogP contribution in [-0.4, -0.2) is 37.5 Å². The van der Waals surface area contributed by atoms with Crippen LogP contribution in [0.3, 0.4) is 0 Å². The summed E-state index contributed by atoms with van der Waals surface area (Å²) >= 11 is 3.36. The van der Waals surface area contributed by atoms with Crippen molar-refractivity contribution in [3.8, 4) is 0 Å². The number of rotatable bonds is 7. The van der Waals surface area contributed by atoms with Gasteiger partial charge in [-0.1, -0.05) is 52.3 Å². The van der Waals surface area contributed by atoms with Gasteiger partial charge in [0, 0.05) is 22.4 Å². The number of benzene rings is 2. The van der Waals surface area contributed by atoms with Gasteiger partial charge in [-0.2, -0.15) is 0 Å². The van der Waals surface area contributed by atoms with Crippen molar-refractivity contribution in [2.75, 3.05) is 13.2 Å². The van der Waals surface area contributed by atoms with E-state index < -0.39 is 6.29 Å². The van der Waals surface area contributed by atoms with Crippen molar-refractivity contribution in [1.82, 2.24) is 0 Å². The van der Waals surface area contributed by atoms with Crippen molar-refractivity contribution in [2.45, 2.75) is 31.0 Å². The van der Waals surface area contributed by atoms with E-state index in [1.54, 1.807) is 12.1 Å². The lowest BCUT2D eigenvalue weighted by Gasteiger charge is -2.38. The SMILES string of the molecule is C=C[C@@H]([C@@H]1CO1)[C@H]1C[C@@H](COC(=O)c2ccc(Br)cc2)O[C@@H](c2ccccc2)O1. The van der Waals surface area contributed by atoms with Gasteiger partial charge in [0.2, 0.25) is 0 Å².